The van der Waals surface area contributed by atoms with Crippen molar-refractivity contribution in [3.05, 3.63) is 70.0 Å². The second-order valence-corrected chi connectivity index (χ2v) is 14.8. The van der Waals surface area contributed by atoms with Crippen molar-refractivity contribution in [2.45, 2.75) is 79.8 Å². The van der Waals surface area contributed by atoms with Gasteiger partial charge in [-0.2, -0.15) is 9.97 Å². The maximum Gasteiger partial charge on any atom is 0.277 e. The fourth-order valence-electron chi connectivity index (χ4n) is 6.51. The van der Waals surface area contributed by atoms with E-state index < -0.39 is 31.0 Å². The first-order valence-electron chi connectivity index (χ1n) is 19.6. The Morgan fingerprint density at radius 1 is 0.600 bits per heavy atom. The lowest BCUT2D eigenvalue weighted by Crippen LogP contribution is -2.51. The third kappa shape index (κ3) is 9.52. The van der Waals surface area contributed by atoms with E-state index >= 15 is 0 Å². The average molecular weight is 825 g/mol. The van der Waals surface area contributed by atoms with Crippen molar-refractivity contribution in [1.29, 1.82) is 0 Å². The molecule has 0 spiro atoms. The molecular weight excluding hydrogens is 773 g/mol. The third-order valence-electron chi connectivity index (χ3n) is 9.99. The van der Waals surface area contributed by atoms with Crippen LogP contribution in [0.25, 0.3) is 45.9 Å². The Kier molecular flexibility index (Phi) is 13.4. The van der Waals surface area contributed by atoms with Crippen LogP contribution in [0.2, 0.25) is 0 Å². The molecule has 18 heteroatoms. The highest BCUT2D eigenvalue weighted by Crippen LogP contribution is 2.33. The Bertz CT molecular complexity index is 2390. The van der Waals surface area contributed by atoms with Crippen LogP contribution in [-0.4, -0.2) is 125 Å². The lowest BCUT2D eigenvalue weighted by Gasteiger charge is -2.31. The van der Waals surface area contributed by atoms with Gasteiger partial charge in [-0.05, 0) is 114 Å². The van der Waals surface area contributed by atoms with Crippen molar-refractivity contribution in [2.75, 3.05) is 50.2 Å². The largest absolute Gasteiger partial charge is 0.490 e. The Balaban J connectivity index is 1.14. The molecule has 6 rings (SSSR count). The van der Waals surface area contributed by atoms with E-state index in [2.05, 4.69) is 40.2 Å². The topological polar surface area (TPSA) is 235 Å². The molecule has 0 aliphatic heterocycles. The van der Waals surface area contributed by atoms with E-state index in [0.29, 0.717) is 79.8 Å². The first-order chi connectivity index (χ1) is 28.6. The van der Waals surface area contributed by atoms with Gasteiger partial charge in [0.1, 0.15) is 47.8 Å². The number of aliphatic hydroxyl groups excluding tert-OH is 4. The maximum absolute atomic E-state index is 11.3. The molecule has 318 valence electrons. The second kappa shape index (κ2) is 18.5. The highest BCUT2D eigenvalue weighted by atomic mass is 16.5. The molecule has 4 N–H and O–H groups in total. The van der Waals surface area contributed by atoms with Crippen LogP contribution in [0.4, 0.5) is 11.9 Å². The van der Waals surface area contributed by atoms with Gasteiger partial charge in [0.2, 0.25) is 23.5 Å². The van der Waals surface area contributed by atoms with E-state index in [9.17, 15) is 20.4 Å². The molecule has 0 aliphatic carbocycles. The zero-order chi connectivity index (χ0) is 43.4. The quantitative estimate of drug-likeness (QED) is 0.1000. The van der Waals surface area contributed by atoms with E-state index in [0.717, 1.165) is 24.5 Å². The molecule has 4 aromatic heterocycles. The van der Waals surface area contributed by atoms with Crippen molar-refractivity contribution >= 4 is 11.9 Å². The van der Waals surface area contributed by atoms with E-state index in [-0.39, 0.29) is 18.4 Å². The standard InChI is InChI=1S/C42H52N10O8/c1-11-51(9)41-43-25(7)17-29(45-41)39-47-37(49-59-39)27-13-21(3)34(22(4)14-27)57-20-32(55)33(56)36(31(54)19-53)58-35-23(5)15-28(16-24(35)6)38-48-40(60-50-38)30-18-26(8)44-42(46-30)52(10)12-2/h13-18,31-33,36,53-56H,11-12,19-20H2,1-10H3. The molecule has 2 aromatic carbocycles. The second-order valence-electron chi connectivity index (χ2n) is 14.8. The summed E-state index contributed by atoms with van der Waals surface area (Å²) in [4.78, 5) is 31.1. The minimum Gasteiger partial charge on any atom is -0.490 e. The van der Waals surface area contributed by atoms with Gasteiger partial charge in [0.15, 0.2) is 6.10 Å². The van der Waals surface area contributed by atoms with Crippen LogP contribution in [-0.2, 0) is 0 Å². The summed E-state index contributed by atoms with van der Waals surface area (Å²) in [5, 5.41) is 51.6. The summed E-state index contributed by atoms with van der Waals surface area (Å²) < 4.78 is 23.4. The van der Waals surface area contributed by atoms with Crippen molar-refractivity contribution in [3.63, 3.8) is 0 Å². The lowest BCUT2D eigenvalue weighted by atomic mass is 10.0. The Morgan fingerprint density at radius 3 is 1.45 bits per heavy atom. The summed E-state index contributed by atoms with van der Waals surface area (Å²) in [6, 6.07) is 10.7. The first-order valence-corrected chi connectivity index (χ1v) is 19.6. The molecule has 0 bridgehead atoms. The molecule has 0 fully saturated rings. The van der Waals surface area contributed by atoms with E-state index in [1.54, 1.807) is 38.1 Å². The normalized spacial score (nSPS) is 13.5. The number of nitrogens with zero attached hydrogens (tertiary/aromatic N) is 10. The predicted octanol–water partition coefficient (Wildman–Crippen LogP) is 4.36. The van der Waals surface area contributed by atoms with Crippen LogP contribution in [0.15, 0.2) is 45.4 Å². The monoisotopic (exact) mass is 824 g/mol. The number of ether oxygens (including phenoxy) is 2. The van der Waals surface area contributed by atoms with Gasteiger partial charge in [-0.1, -0.05) is 10.3 Å². The zero-order valence-electron chi connectivity index (χ0n) is 35.5. The molecule has 18 nitrogen and oxygen atoms in total. The Hall–Kier alpha value is -6.08. The minimum atomic E-state index is -1.67. The molecule has 4 unspecified atom stereocenters. The maximum atomic E-state index is 11.3. The number of benzene rings is 2. The molecule has 0 radical (unpaired) electrons. The van der Waals surface area contributed by atoms with E-state index in [1.807, 2.05) is 77.6 Å². The van der Waals surface area contributed by atoms with E-state index in [1.165, 1.54) is 0 Å². The van der Waals surface area contributed by atoms with Crippen LogP contribution >= 0.6 is 0 Å². The molecule has 60 heavy (non-hydrogen) atoms. The van der Waals surface area contributed by atoms with Gasteiger partial charge in [-0.15, -0.1) is 0 Å². The van der Waals surface area contributed by atoms with Crippen LogP contribution < -0.4 is 19.3 Å². The summed E-state index contributed by atoms with van der Waals surface area (Å²) in [6.45, 7) is 15.3. The van der Waals surface area contributed by atoms with Crippen LogP contribution in [0.3, 0.4) is 0 Å². The number of rotatable bonds is 17. The van der Waals surface area contributed by atoms with Gasteiger partial charge < -0.3 is 48.7 Å². The number of hydrogen-bond acceptors (Lipinski definition) is 18. The van der Waals surface area contributed by atoms with Gasteiger partial charge in [0.25, 0.3) is 11.8 Å². The molecular formula is C42H52N10O8. The molecule has 0 saturated heterocycles. The zero-order valence-corrected chi connectivity index (χ0v) is 35.5. The highest BCUT2D eigenvalue weighted by Gasteiger charge is 2.35. The first kappa shape index (κ1) is 43.5. The molecule has 6 aromatic rings. The van der Waals surface area contributed by atoms with Gasteiger partial charge >= 0.3 is 0 Å². The van der Waals surface area contributed by atoms with Crippen molar-refractivity contribution in [1.82, 2.24) is 40.2 Å². The van der Waals surface area contributed by atoms with Crippen LogP contribution in [0.1, 0.15) is 47.5 Å². The van der Waals surface area contributed by atoms with E-state index in [4.69, 9.17) is 18.5 Å². The number of hydrogen-bond donors (Lipinski definition) is 4. The van der Waals surface area contributed by atoms with Crippen molar-refractivity contribution in [3.8, 4) is 57.4 Å². The summed E-state index contributed by atoms with van der Waals surface area (Å²) in [7, 11) is 3.80. The summed E-state index contributed by atoms with van der Waals surface area (Å²) in [5.74, 6) is 3.05. The van der Waals surface area contributed by atoms with Gasteiger partial charge in [-0.3, -0.25) is 0 Å². The van der Waals surface area contributed by atoms with Gasteiger partial charge in [0.05, 0.1) is 6.61 Å². The summed E-state index contributed by atoms with van der Waals surface area (Å²) >= 11 is 0. The fourth-order valence-corrected chi connectivity index (χ4v) is 6.51. The summed E-state index contributed by atoms with van der Waals surface area (Å²) in [6.07, 6.45) is -6.17. The number of aliphatic hydroxyl groups is 4. The number of aryl methyl sites for hydroxylation is 6. The Morgan fingerprint density at radius 2 is 1.03 bits per heavy atom. The fraction of sp³-hybridized carbons (Fsp3) is 0.429. The molecule has 0 amide bonds. The van der Waals surface area contributed by atoms with Crippen molar-refractivity contribution in [2.24, 2.45) is 0 Å². The minimum absolute atomic E-state index is 0.230. The molecule has 4 atom stereocenters. The average Bonchev–Trinajstić information content (AvgIpc) is 3.93. The Labute approximate surface area is 347 Å². The highest BCUT2D eigenvalue weighted by molar-refractivity contribution is 5.64. The molecule has 0 aliphatic rings. The predicted molar refractivity (Wildman–Crippen MR) is 223 cm³/mol. The van der Waals surface area contributed by atoms with Crippen LogP contribution in [0, 0.1) is 41.5 Å². The third-order valence-corrected chi connectivity index (χ3v) is 9.99. The van der Waals surface area contributed by atoms with Crippen molar-refractivity contribution < 1.29 is 38.9 Å². The summed E-state index contributed by atoms with van der Waals surface area (Å²) in [5.41, 5.74) is 6.49. The lowest BCUT2D eigenvalue weighted by molar-refractivity contribution is -0.111. The van der Waals surface area contributed by atoms with Crippen LogP contribution in [0.5, 0.6) is 11.5 Å². The van der Waals surface area contributed by atoms with Gasteiger partial charge in [0, 0.05) is 49.7 Å². The smallest absolute Gasteiger partial charge is 0.277 e. The SMILES string of the molecule is CCN(C)c1nc(C)cc(-c2nc(-c3cc(C)c(OCC(O)C(O)C(Oc4c(C)cc(-c5noc(-c6cc(C)nc(N(C)CC)n6)n5)cc4C)C(O)CO)c(C)c3)no2)n1. The molecule has 0 saturated carbocycles. The molecule has 4 heterocycles. The number of aromatic nitrogens is 8. The van der Waals surface area contributed by atoms with Gasteiger partial charge in [-0.25, -0.2) is 19.9 Å². The number of anilines is 2.